The molecule has 0 aliphatic heterocycles. The summed E-state index contributed by atoms with van der Waals surface area (Å²) in [7, 11) is 0. The van der Waals surface area contributed by atoms with Crippen LogP contribution in [0, 0.1) is 0 Å². The molecule has 0 unspecified atom stereocenters. The first-order valence-electron chi connectivity index (χ1n) is 4.53. The van der Waals surface area contributed by atoms with E-state index in [1.165, 1.54) is 13.0 Å². The summed E-state index contributed by atoms with van der Waals surface area (Å²) in [6.45, 7) is 3.24. The largest absolute Gasteiger partial charge is 0.480 e. The first-order valence-corrected chi connectivity index (χ1v) is 4.53. The maximum Gasteiger partial charge on any atom is 0.325 e. The lowest BCUT2D eigenvalue weighted by Crippen LogP contribution is -2.38. The Morgan fingerprint density at radius 1 is 1.67 bits per heavy atom. The van der Waals surface area contributed by atoms with E-state index in [0.717, 1.165) is 0 Å². The monoisotopic (exact) mass is 212 g/mol. The number of carboxylic acid groups (broad SMARTS) is 1. The first kappa shape index (κ1) is 11.2. The Morgan fingerprint density at radius 2 is 2.33 bits per heavy atom. The highest BCUT2D eigenvalue weighted by Gasteiger charge is 2.17. The van der Waals surface area contributed by atoms with Gasteiger partial charge in [-0.15, -0.1) is 0 Å². The van der Waals surface area contributed by atoms with Crippen LogP contribution < -0.4 is 5.32 Å². The van der Waals surface area contributed by atoms with Crippen LogP contribution in [0.1, 0.15) is 30.1 Å². The number of aromatic nitrogens is 1. The molecule has 0 aromatic carbocycles. The molecular formula is C9H12N2O4. The van der Waals surface area contributed by atoms with Gasteiger partial charge in [0.15, 0.2) is 5.69 Å². The van der Waals surface area contributed by atoms with Crippen LogP contribution in [0.15, 0.2) is 10.6 Å². The SMILES string of the molecule is CCc1cc(C(=O)N[C@@H](C)C(=O)O)no1. The molecule has 1 aromatic heterocycles. The second-order valence-corrected chi connectivity index (χ2v) is 3.07. The van der Waals surface area contributed by atoms with Gasteiger partial charge < -0.3 is 14.9 Å². The molecule has 82 valence electrons. The molecule has 0 fully saturated rings. The lowest BCUT2D eigenvalue weighted by molar-refractivity contribution is -0.138. The number of hydrogen-bond acceptors (Lipinski definition) is 4. The van der Waals surface area contributed by atoms with E-state index in [4.69, 9.17) is 9.63 Å². The van der Waals surface area contributed by atoms with Crippen molar-refractivity contribution in [2.45, 2.75) is 26.3 Å². The second kappa shape index (κ2) is 4.59. The third-order valence-corrected chi connectivity index (χ3v) is 1.86. The maximum atomic E-state index is 11.4. The van der Waals surface area contributed by atoms with Gasteiger partial charge in [-0.3, -0.25) is 9.59 Å². The summed E-state index contributed by atoms with van der Waals surface area (Å²) in [6, 6.07) is 0.545. The maximum absolute atomic E-state index is 11.4. The van der Waals surface area contributed by atoms with Crippen LogP contribution in [0.4, 0.5) is 0 Å². The Bertz CT molecular complexity index is 372. The normalized spacial score (nSPS) is 12.1. The molecule has 0 aliphatic carbocycles. The number of hydrogen-bond donors (Lipinski definition) is 2. The molecule has 15 heavy (non-hydrogen) atoms. The number of carboxylic acids is 1. The summed E-state index contributed by atoms with van der Waals surface area (Å²) < 4.78 is 4.82. The number of carbonyl (C=O) groups is 2. The highest BCUT2D eigenvalue weighted by Crippen LogP contribution is 2.04. The topological polar surface area (TPSA) is 92.4 Å². The molecule has 0 radical (unpaired) electrons. The number of nitrogens with zero attached hydrogens (tertiary/aromatic N) is 1. The van der Waals surface area contributed by atoms with E-state index in [1.807, 2.05) is 6.92 Å². The van der Waals surface area contributed by atoms with Crippen molar-refractivity contribution < 1.29 is 19.2 Å². The van der Waals surface area contributed by atoms with Crippen molar-refractivity contribution in [3.05, 3.63) is 17.5 Å². The molecule has 0 spiro atoms. The predicted molar refractivity (Wildman–Crippen MR) is 50.4 cm³/mol. The molecule has 0 aliphatic rings. The van der Waals surface area contributed by atoms with Gasteiger partial charge in [-0.1, -0.05) is 12.1 Å². The Labute approximate surface area is 86.3 Å². The van der Waals surface area contributed by atoms with Crippen molar-refractivity contribution in [3.8, 4) is 0 Å². The molecular weight excluding hydrogens is 200 g/mol. The van der Waals surface area contributed by atoms with Gasteiger partial charge in [0.25, 0.3) is 5.91 Å². The number of aryl methyl sites for hydroxylation is 1. The van der Waals surface area contributed by atoms with E-state index in [-0.39, 0.29) is 5.69 Å². The third-order valence-electron chi connectivity index (χ3n) is 1.86. The molecule has 0 saturated heterocycles. The van der Waals surface area contributed by atoms with Gasteiger partial charge in [0.2, 0.25) is 0 Å². The summed E-state index contributed by atoms with van der Waals surface area (Å²) in [5.41, 5.74) is 0.0972. The standard InChI is InChI=1S/C9H12N2O4/c1-3-6-4-7(11-15-6)8(12)10-5(2)9(13)14/h4-5H,3H2,1-2H3,(H,10,12)(H,13,14)/t5-/m0/s1. The molecule has 6 heteroatoms. The fourth-order valence-electron chi connectivity index (χ4n) is 0.919. The van der Waals surface area contributed by atoms with Crippen LogP contribution in [0.3, 0.4) is 0 Å². The fraction of sp³-hybridized carbons (Fsp3) is 0.444. The lowest BCUT2D eigenvalue weighted by atomic mass is 10.3. The zero-order valence-electron chi connectivity index (χ0n) is 8.48. The molecule has 1 heterocycles. The Kier molecular flexibility index (Phi) is 3.43. The number of nitrogens with one attached hydrogen (secondary N) is 1. The van der Waals surface area contributed by atoms with E-state index >= 15 is 0 Å². The average molecular weight is 212 g/mol. The number of aliphatic carboxylic acids is 1. The van der Waals surface area contributed by atoms with Gasteiger partial charge in [0, 0.05) is 12.5 Å². The molecule has 1 aromatic rings. The molecule has 2 N–H and O–H groups in total. The van der Waals surface area contributed by atoms with Crippen LogP contribution in [-0.2, 0) is 11.2 Å². The summed E-state index contributed by atoms with van der Waals surface area (Å²) in [4.78, 5) is 21.9. The Hall–Kier alpha value is -1.85. The molecule has 1 amide bonds. The van der Waals surface area contributed by atoms with Crippen molar-refractivity contribution in [3.63, 3.8) is 0 Å². The Morgan fingerprint density at radius 3 is 2.80 bits per heavy atom. The van der Waals surface area contributed by atoms with E-state index in [0.29, 0.717) is 12.2 Å². The van der Waals surface area contributed by atoms with E-state index < -0.39 is 17.9 Å². The second-order valence-electron chi connectivity index (χ2n) is 3.07. The third kappa shape index (κ3) is 2.80. The average Bonchev–Trinajstić information content (AvgIpc) is 2.65. The smallest absolute Gasteiger partial charge is 0.325 e. The summed E-state index contributed by atoms with van der Waals surface area (Å²) in [6.07, 6.45) is 0.634. The highest BCUT2D eigenvalue weighted by molar-refractivity contribution is 5.94. The number of carbonyl (C=O) groups excluding carboxylic acids is 1. The van der Waals surface area contributed by atoms with Gasteiger partial charge in [-0.05, 0) is 6.92 Å². The van der Waals surface area contributed by atoms with Gasteiger partial charge in [-0.2, -0.15) is 0 Å². The van der Waals surface area contributed by atoms with Crippen LogP contribution in [-0.4, -0.2) is 28.2 Å². The summed E-state index contributed by atoms with van der Waals surface area (Å²) in [5, 5.41) is 14.4. The van der Waals surface area contributed by atoms with Crippen molar-refractivity contribution in [2.75, 3.05) is 0 Å². The fourth-order valence-corrected chi connectivity index (χ4v) is 0.919. The van der Waals surface area contributed by atoms with Gasteiger partial charge >= 0.3 is 5.97 Å². The molecule has 1 rings (SSSR count). The van der Waals surface area contributed by atoms with E-state index in [9.17, 15) is 9.59 Å². The molecule has 0 bridgehead atoms. The first-order chi connectivity index (χ1) is 7.04. The molecule has 0 saturated carbocycles. The summed E-state index contributed by atoms with van der Waals surface area (Å²) in [5.74, 6) is -1.06. The minimum atomic E-state index is -1.09. The van der Waals surface area contributed by atoms with Crippen LogP contribution in [0.25, 0.3) is 0 Å². The summed E-state index contributed by atoms with van der Waals surface area (Å²) >= 11 is 0. The molecule has 1 atom stereocenters. The van der Waals surface area contributed by atoms with Crippen molar-refractivity contribution >= 4 is 11.9 Å². The lowest BCUT2D eigenvalue weighted by Gasteiger charge is -2.06. The van der Waals surface area contributed by atoms with Crippen molar-refractivity contribution in [1.29, 1.82) is 0 Å². The van der Waals surface area contributed by atoms with E-state index in [2.05, 4.69) is 10.5 Å². The quantitative estimate of drug-likeness (QED) is 0.755. The van der Waals surface area contributed by atoms with Gasteiger partial charge in [0.05, 0.1) is 0 Å². The van der Waals surface area contributed by atoms with Crippen LogP contribution >= 0.6 is 0 Å². The van der Waals surface area contributed by atoms with Gasteiger partial charge in [0.1, 0.15) is 11.8 Å². The number of rotatable bonds is 4. The minimum Gasteiger partial charge on any atom is -0.480 e. The highest BCUT2D eigenvalue weighted by atomic mass is 16.5. The van der Waals surface area contributed by atoms with Crippen LogP contribution in [0.2, 0.25) is 0 Å². The van der Waals surface area contributed by atoms with Crippen LogP contribution in [0.5, 0.6) is 0 Å². The zero-order valence-corrected chi connectivity index (χ0v) is 8.48. The zero-order chi connectivity index (χ0) is 11.4. The minimum absolute atomic E-state index is 0.0972. The predicted octanol–water partition coefficient (Wildman–Crippen LogP) is 0.440. The van der Waals surface area contributed by atoms with E-state index in [1.54, 1.807) is 0 Å². The van der Waals surface area contributed by atoms with Gasteiger partial charge in [-0.25, -0.2) is 0 Å². The number of amides is 1. The van der Waals surface area contributed by atoms with Crippen molar-refractivity contribution in [2.24, 2.45) is 0 Å². The molecule has 6 nitrogen and oxygen atoms in total. The Balaban J connectivity index is 2.65. The van der Waals surface area contributed by atoms with Crippen molar-refractivity contribution in [1.82, 2.24) is 10.5 Å².